The molecule has 0 saturated carbocycles. The summed E-state index contributed by atoms with van der Waals surface area (Å²) in [7, 11) is 3.29. The number of methoxy groups -OCH3 is 1. The van der Waals surface area contributed by atoms with Gasteiger partial charge in [0.25, 0.3) is 0 Å². The van der Waals surface area contributed by atoms with E-state index in [1.807, 2.05) is 30.0 Å². The fourth-order valence-corrected chi connectivity index (χ4v) is 4.49. The number of pyridine rings is 1. The van der Waals surface area contributed by atoms with Gasteiger partial charge in [-0.1, -0.05) is 6.07 Å². The van der Waals surface area contributed by atoms with Gasteiger partial charge in [-0.3, -0.25) is 0 Å². The molecule has 0 bridgehead atoms. The topological polar surface area (TPSA) is 180 Å². The molecule has 0 atom stereocenters. The lowest BCUT2D eigenvalue weighted by Crippen LogP contribution is -2.37. The fourth-order valence-electron chi connectivity index (χ4n) is 4.49. The number of fused-ring (bicyclic) bond motifs is 1. The SMILES string of the molecule is COc1c(Nc2cc(Nc3cnc(N4CCOCC4)c(C#N)n3)nc3[nH]c(C)nc23)cccc1-c1nnn(C)n1. The number of para-hydroxylation sites is 1. The van der Waals surface area contributed by atoms with Crippen LogP contribution in [0.4, 0.5) is 28.8 Å². The number of nitriles is 1. The highest BCUT2D eigenvalue weighted by atomic mass is 16.5. The number of benzene rings is 1. The summed E-state index contributed by atoms with van der Waals surface area (Å²) in [5.74, 6) is 3.08. The molecule has 3 N–H and O–H groups in total. The van der Waals surface area contributed by atoms with Crippen LogP contribution in [0.15, 0.2) is 30.5 Å². The lowest BCUT2D eigenvalue weighted by molar-refractivity contribution is 0.122. The quantitative estimate of drug-likeness (QED) is 0.275. The lowest BCUT2D eigenvalue weighted by Gasteiger charge is -2.28. The molecule has 4 aromatic heterocycles. The number of hydrogen-bond donors (Lipinski definition) is 3. The predicted molar refractivity (Wildman–Crippen MR) is 146 cm³/mol. The Bertz CT molecular complexity index is 1730. The van der Waals surface area contributed by atoms with E-state index in [-0.39, 0.29) is 5.69 Å². The summed E-state index contributed by atoms with van der Waals surface area (Å²) < 4.78 is 11.1. The third-order valence-corrected chi connectivity index (χ3v) is 6.24. The molecule has 1 aromatic carbocycles. The number of imidazole rings is 1. The van der Waals surface area contributed by atoms with Crippen LogP contribution in [0.3, 0.4) is 0 Å². The van der Waals surface area contributed by atoms with E-state index in [4.69, 9.17) is 9.47 Å². The van der Waals surface area contributed by atoms with Crippen molar-refractivity contribution in [2.45, 2.75) is 6.92 Å². The first-order chi connectivity index (χ1) is 19.5. The van der Waals surface area contributed by atoms with Crippen molar-refractivity contribution >= 4 is 40.0 Å². The van der Waals surface area contributed by atoms with E-state index in [1.165, 1.54) is 4.80 Å². The molecule has 1 aliphatic heterocycles. The van der Waals surface area contributed by atoms with Crippen molar-refractivity contribution in [2.24, 2.45) is 7.05 Å². The van der Waals surface area contributed by atoms with Gasteiger partial charge in [-0.05, 0) is 24.3 Å². The van der Waals surface area contributed by atoms with Crippen LogP contribution in [0.1, 0.15) is 11.5 Å². The van der Waals surface area contributed by atoms with Crippen LogP contribution in [-0.2, 0) is 11.8 Å². The Balaban J connectivity index is 1.35. The van der Waals surface area contributed by atoms with Crippen LogP contribution < -0.4 is 20.3 Å². The van der Waals surface area contributed by atoms with E-state index in [9.17, 15) is 5.26 Å². The number of rotatable bonds is 7. The highest BCUT2D eigenvalue weighted by molar-refractivity contribution is 5.92. The normalized spacial score (nSPS) is 13.3. The Morgan fingerprint density at radius 1 is 1.10 bits per heavy atom. The number of H-pyrrole nitrogens is 1. The van der Waals surface area contributed by atoms with Gasteiger partial charge in [-0.2, -0.15) is 10.1 Å². The molecule has 1 fully saturated rings. The van der Waals surface area contributed by atoms with Crippen LogP contribution in [-0.4, -0.2) is 78.5 Å². The maximum atomic E-state index is 9.74. The van der Waals surface area contributed by atoms with Gasteiger partial charge in [0.2, 0.25) is 5.82 Å². The summed E-state index contributed by atoms with van der Waals surface area (Å²) in [6.07, 6.45) is 1.59. The summed E-state index contributed by atoms with van der Waals surface area (Å²) in [4.78, 5) is 24.8. The van der Waals surface area contributed by atoms with Gasteiger partial charge < -0.3 is 30.0 Å². The van der Waals surface area contributed by atoms with Crippen molar-refractivity contribution in [1.82, 2.24) is 45.1 Å². The van der Waals surface area contributed by atoms with E-state index >= 15 is 0 Å². The number of hydrogen-bond acceptors (Lipinski definition) is 13. The Labute approximate surface area is 228 Å². The molecular weight excluding hydrogens is 514 g/mol. The molecule has 15 heteroatoms. The average molecular weight is 540 g/mol. The smallest absolute Gasteiger partial charge is 0.208 e. The van der Waals surface area contributed by atoms with Gasteiger partial charge in [-0.25, -0.2) is 19.9 Å². The summed E-state index contributed by atoms with van der Waals surface area (Å²) in [5, 5.41) is 28.7. The number of aromatic nitrogens is 9. The van der Waals surface area contributed by atoms with E-state index in [0.29, 0.717) is 89.3 Å². The van der Waals surface area contributed by atoms with Crippen molar-refractivity contribution in [3.63, 3.8) is 0 Å². The molecule has 0 spiro atoms. The van der Waals surface area contributed by atoms with Crippen molar-refractivity contribution in [3.8, 4) is 23.2 Å². The summed E-state index contributed by atoms with van der Waals surface area (Å²) in [6, 6.07) is 9.58. The predicted octanol–water partition coefficient (Wildman–Crippen LogP) is 2.45. The van der Waals surface area contributed by atoms with E-state index in [0.717, 1.165) is 0 Å². The highest BCUT2D eigenvalue weighted by Crippen LogP contribution is 2.38. The molecule has 0 radical (unpaired) electrons. The Morgan fingerprint density at radius 3 is 2.70 bits per heavy atom. The number of morpholine rings is 1. The Morgan fingerprint density at radius 2 is 1.95 bits per heavy atom. The molecule has 1 aliphatic rings. The van der Waals surface area contributed by atoms with E-state index < -0.39 is 0 Å². The lowest BCUT2D eigenvalue weighted by atomic mass is 10.1. The number of nitrogens with one attached hydrogen (secondary N) is 3. The second-order valence-electron chi connectivity index (χ2n) is 8.95. The van der Waals surface area contributed by atoms with E-state index in [1.54, 1.807) is 26.4 Å². The first kappa shape index (κ1) is 24.9. The first-order valence-corrected chi connectivity index (χ1v) is 12.4. The number of aryl methyl sites for hydroxylation is 2. The molecule has 6 rings (SSSR count). The maximum Gasteiger partial charge on any atom is 0.208 e. The molecule has 5 aromatic rings. The third kappa shape index (κ3) is 4.78. The Hall–Kier alpha value is -5.36. The van der Waals surface area contributed by atoms with Gasteiger partial charge in [-0.15, -0.1) is 10.2 Å². The van der Waals surface area contributed by atoms with Gasteiger partial charge >= 0.3 is 0 Å². The largest absolute Gasteiger partial charge is 0.494 e. The fraction of sp³-hybridized carbons (Fsp3) is 0.280. The summed E-state index contributed by atoms with van der Waals surface area (Å²) >= 11 is 0. The third-order valence-electron chi connectivity index (χ3n) is 6.24. The van der Waals surface area contributed by atoms with Crippen LogP contribution in [0, 0.1) is 18.3 Å². The van der Waals surface area contributed by atoms with Crippen LogP contribution in [0.5, 0.6) is 5.75 Å². The van der Waals surface area contributed by atoms with Gasteiger partial charge in [0.05, 0.1) is 50.5 Å². The summed E-state index contributed by atoms with van der Waals surface area (Å²) in [6.45, 7) is 4.33. The maximum absolute atomic E-state index is 9.74. The number of aromatic amines is 1. The first-order valence-electron chi connectivity index (χ1n) is 12.4. The zero-order valence-electron chi connectivity index (χ0n) is 22.0. The van der Waals surface area contributed by atoms with Crippen molar-refractivity contribution in [1.29, 1.82) is 5.26 Å². The van der Waals surface area contributed by atoms with Gasteiger partial charge in [0.1, 0.15) is 23.2 Å². The molecular formula is C25H25N13O2. The molecule has 0 amide bonds. The van der Waals surface area contributed by atoms with E-state index in [2.05, 4.69) is 57.0 Å². The van der Waals surface area contributed by atoms with Crippen molar-refractivity contribution in [3.05, 3.63) is 42.0 Å². The minimum Gasteiger partial charge on any atom is -0.494 e. The molecule has 0 aliphatic carbocycles. The number of tetrazole rings is 1. The van der Waals surface area contributed by atoms with Gasteiger partial charge in [0.15, 0.2) is 28.7 Å². The highest BCUT2D eigenvalue weighted by Gasteiger charge is 2.20. The standard InChI is InChI=1S/C25H25N13O2/c1-14-28-21-17(30-16-6-4-5-15(22(16)39-3)23-34-36-37(2)35-23)11-19(33-24(21)29-14)32-20-13-27-25(18(12-26)31-20)38-7-9-40-10-8-38/h4-6,11,13H,7-10H2,1-3H3,(H3,28,29,30,31,32,33). The van der Waals surface area contributed by atoms with Crippen molar-refractivity contribution in [2.75, 3.05) is 48.9 Å². The Kier molecular flexibility index (Phi) is 6.50. The molecule has 5 heterocycles. The number of nitrogens with zero attached hydrogens (tertiary/aromatic N) is 10. The second kappa shape index (κ2) is 10.4. The zero-order valence-corrected chi connectivity index (χ0v) is 22.0. The number of anilines is 5. The van der Waals surface area contributed by atoms with Gasteiger partial charge in [0, 0.05) is 19.2 Å². The van der Waals surface area contributed by atoms with Crippen molar-refractivity contribution < 1.29 is 9.47 Å². The van der Waals surface area contributed by atoms with Crippen LogP contribution >= 0.6 is 0 Å². The second-order valence-corrected chi connectivity index (χ2v) is 8.95. The zero-order chi connectivity index (χ0) is 27.6. The molecule has 202 valence electrons. The minimum absolute atomic E-state index is 0.225. The molecule has 15 nitrogen and oxygen atoms in total. The molecule has 0 unspecified atom stereocenters. The minimum atomic E-state index is 0.225. The van der Waals surface area contributed by atoms with Crippen LogP contribution in [0.2, 0.25) is 0 Å². The monoisotopic (exact) mass is 539 g/mol. The molecule has 1 saturated heterocycles. The average Bonchev–Trinajstić information content (AvgIpc) is 3.58. The summed E-state index contributed by atoms with van der Waals surface area (Å²) in [5.41, 5.74) is 3.45. The number of ether oxygens (including phenoxy) is 2. The molecule has 40 heavy (non-hydrogen) atoms. The van der Waals surface area contributed by atoms with Crippen LogP contribution in [0.25, 0.3) is 22.6 Å².